The number of halogens is 2. The maximum atomic E-state index is 11.7. The van der Waals surface area contributed by atoms with Crippen LogP contribution in [0, 0.1) is 0 Å². The number of hydrazine groups is 1. The molecule has 0 unspecified atom stereocenters. The van der Waals surface area contributed by atoms with Gasteiger partial charge >= 0.3 is 6.03 Å². The zero-order valence-electron chi connectivity index (χ0n) is 13.4. The van der Waals surface area contributed by atoms with Crippen LogP contribution in [0.25, 0.3) is 0 Å². The van der Waals surface area contributed by atoms with Crippen LogP contribution in [0.4, 0.5) is 10.5 Å². The molecule has 0 saturated carbocycles. The normalized spacial score (nSPS) is 10.0. The van der Waals surface area contributed by atoms with Crippen LogP contribution >= 0.6 is 23.2 Å². The Bertz CT molecular complexity index is 751. The van der Waals surface area contributed by atoms with Crippen molar-refractivity contribution in [2.75, 3.05) is 11.9 Å². The van der Waals surface area contributed by atoms with Crippen molar-refractivity contribution in [1.82, 2.24) is 10.9 Å². The number of rotatable bonds is 5. The highest BCUT2D eigenvalue weighted by Gasteiger charge is 2.09. The van der Waals surface area contributed by atoms with Crippen LogP contribution < -0.4 is 20.9 Å². The molecule has 2 aromatic rings. The van der Waals surface area contributed by atoms with Gasteiger partial charge in [-0.15, -0.1) is 0 Å². The number of benzene rings is 2. The van der Waals surface area contributed by atoms with Crippen molar-refractivity contribution in [3.8, 4) is 5.75 Å². The Kier molecular flexibility index (Phi) is 6.91. The highest BCUT2D eigenvalue weighted by Crippen LogP contribution is 2.29. The molecular weight excluding hydrogens is 365 g/mol. The highest BCUT2D eigenvalue weighted by atomic mass is 35.5. The van der Waals surface area contributed by atoms with Gasteiger partial charge in [0.1, 0.15) is 5.75 Å². The summed E-state index contributed by atoms with van der Waals surface area (Å²) in [5.41, 5.74) is 5.93. The minimum Gasteiger partial charge on any atom is -0.484 e. The molecule has 8 heteroatoms. The molecule has 0 bridgehead atoms. The van der Waals surface area contributed by atoms with E-state index in [2.05, 4.69) is 23.1 Å². The fourth-order valence-electron chi connectivity index (χ4n) is 1.89. The number of carbonyl (C=O) groups is 2. The first-order valence-electron chi connectivity index (χ1n) is 7.51. The lowest BCUT2D eigenvalue weighted by atomic mass is 10.2. The predicted octanol–water partition coefficient (Wildman–Crippen LogP) is 3.79. The van der Waals surface area contributed by atoms with E-state index in [4.69, 9.17) is 27.9 Å². The molecule has 0 heterocycles. The highest BCUT2D eigenvalue weighted by molar-refractivity contribution is 6.43. The lowest BCUT2D eigenvalue weighted by Crippen LogP contribution is -2.45. The molecule has 0 spiro atoms. The molecule has 3 N–H and O–H groups in total. The maximum absolute atomic E-state index is 11.7. The third-order valence-electron chi connectivity index (χ3n) is 3.22. The van der Waals surface area contributed by atoms with E-state index in [-0.39, 0.29) is 11.6 Å². The van der Waals surface area contributed by atoms with E-state index in [1.165, 1.54) is 5.56 Å². The summed E-state index contributed by atoms with van der Waals surface area (Å²) in [4.78, 5) is 23.4. The number of amides is 3. The Balaban J connectivity index is 1.75. The number of urea groups is 1. The minimum atomic E-state index is -0.662. The fraction of sp³-hybridized carbons (Fsp3) is 0.176. The maximum Gasteiger partial charge on any atom is 0.337 e. The first-order chi connectivity index (χ1) is 12.0. The van der Waals surface area contributed by atoms with Crippen LogP contribution in [0.1, 0.15) is 12.5 Å². The largest absolute Gasteiger partial charge is 0.484 e. The van der Waals surface area contributed by atoms with Gasteiger partial charge in [0.2, 0.25) is 0 Å². The van der Waals surface area contributed by atoms with Gasteiger partial charge < -0.3 is 10.1 Å². The quantitative estimate of drug-likeness (QED) is 0.689. The van der Waals surface area contributed by atoms with Crippen molar-refractivity contribution < 1.29 is 14.3 Å². The summed E-state index contributed by atoms with van der Waals surface area (Å²) in [6.07, 6.45) is 0.927. The van der Waals surface area contributed by atoms with E-state index in [0.717, 1.165) is 6.42 Å². The molecule has 0 aromatic heterocycles. The van der Waals surface area contributed by atoms with Crippen molar-refractivity contribution >= 4 is 40.8 Å². The van der Waals surface area contributed by atoms with Gasteiger partial charge in [-0.2, -0.15) is 0 Å². The van der Waals surface area contributed by atoms with Crippen molar-refractivity contribution in [3.05, 3.63) is 58.1 Å². The average molecular weight is 382 g/mol. The standard InChI is InChI=1S/C17H17Cl2N3O3/c1-2-11-6-8-12(9-7-11)25-10-15(23)21-22-17(24)20-14-5-3-4-13(18)16(14)19/h3-9H,2,10H2,1H3,(H,21,23)(H2,20,22,24). The van der Waals surface area contributed by atoms with Crippen molar-refractivity contribution in [2.45, 2.75) is 13.3 Å². The molecular formula is C17H17Cl2N3O3. The van der Waals surface area contributed by atoms with Crippen molar-refractivity contribution in [1.29, 1.82) is 0 Å². The fourth-order valence-corrected chi connectivity index (χ4v) is 2.23. The molecule has 2 rings (SSSR count). The van der Waals surface area contributed by atoms with E-state index >= 15 is 0 Å². The minimum absolute atomic E-state index is 0.213. The molecule has 0 aliphatic rings. The zero-order chi connectivity index (χ0) is 18.2. The number of hydrogen-bond donors (Lipinski definition) is 3. The number of nitrogens with one attached hydrogen (secondary N) is 3. The summed E-state index contributed by atoms with van der Waals surface area (Å²) in [5.74, 6) is 0.0643. The summed E-state index contributed by atoms with van der Waals surface area (Å²) in [7, 11) is 0. The summed E-state index contributed by atoms with van der Waals surface area (Å²) in [6.45, 7) is 1.82. The van der Waals surface area contributed by atoms with Crippen LogP contribution in [0.15, 0.2) is 42.5 Å². The van der Waals surface area contributed by atoms with Crippen LogP contribution in [-0.2, 0) is 11.2 Å². The van der Waals surface area contributed by atoms with E-state index in [0.29, 0.717) is 16.5 Å². The third-order valence-corrected chi connectivity index (χ3v) is 4.04. The Morgan fingerprint density at radius 3 is 2.44 bits per heavy atom. The molecule has 0 aliphatic carbocycles. The summed E-state index contributed by atoms with van der Waals surface area (Å²) in [5, 5.41) is 2.99. The van der Waals surface area contributed by atoms with Gasteiger partial charge in [0.25, 0.3) is 5.91 Å². The van der Waals surface area contributed by atoms with Gasteiger partial charge in [0, 0.05) is 0 Å². The molecule has 25 heavy (non-hydrogen) atoms. The monoisotopic (exact) mass is 381 g/mol. The number of hydrogen-bond acceptors (Lipinski definition) is 3. The molecule has 0 radical (unpaired) electrons. The summed E-state index contributed by atoms with van der Waals surface area (Å²) in [6, 6.07) is 11.6. The van der Waals surface area contributed by atoms with Gasteiger partial charge in [0.05, 0.1) is 15.7 Å². The smallest absolute Gasteiger partial charge is 0.337 e. The molecule has 3 amide bonds. The number of carbonyl (C=O) groups excluding carboxylic acids is 2. The van der Waals surface area contributed by atoms with E-state index < -0.39 is 11.9 Å². The van der Waals surface area contributed by atoms with Gasteiger partial charge in [-0.3, -0.25) is 10.2 Å². The second kappa shape index (κ2) is 9.15. The third kappa shape index (κ3) is 5.85. The van der Waals surface area contributed by atoms with E-state index in [1.807, 2.05) is 12.1 Å². The van der Waals surface area contributed by atoms with Crippen LogP contribution in [0.5, 0.6) is 5.75 Å². The number of aryl methyl sites for hydroxylation is 1. The second-order valence-electron chi connectivity index (χ2n) is 5.01. The first kappa shape index (κ1) is 18.9. The predicted molar refractivity (Wildman–Crippen MR) is 98.1 cm³/mol. The molecule has 6 nitrogen and oxygen atoms in total. The topological polar surface area (TPSA) is 79.5 Å². The molecule has 2 aromatic carbocycles. The van der Waals surface area contributed by atoms with Gasteiger partial charge in [-0.05, 0) is 36.2 Å². The molecule has 0 aliphatic heterocycles. The Morgan fingerprint density at radius 2 is 1.76 bits per heavy atom. The van der Waals surface area contributed by atoms with Crippen molar-refractivity contribution in [3.63, 3.8) is 0 Å². The zero-order valence-corrected chi connectivity index (χ0v) is 14.9. The SMILES string of the molecule is CCc1ccc(OCC(=O)NNC(=O)Nc2cccc(Cl)c2Cl)cc1. The van der Waals surface area contributed by atoms with Crippen LogP contribution in [0.3, 0.4) is 0 Å². The Hall–Kier alpha value is -2.44. The molecule has 132 valence electrons. The Morgan fingerprint density at radius 1 is 1.04 bits per heavy atom. The van der Waals surface area contributed by atoms with E-state index in [1.54, 1.807) is 30.3 Å². The summed E-state index contributed by atoms with van der Waals surface area (Å²) >= 11 is 11.8. The van der Waals surface area contributed by atoms with E-state index in [9.17, 15) is 9.59 Å². The van der Waals surface area contributed by atoms with Crippen LogP contribution in [-0.4, -0.2) is 18.5 Å². The molecule has 0 fully saturated rings. The first-order valence-corrected chi connectivity index (χ1v) is 8.26. The Labute approximate surface area is 155 Å². The number of ether oxygens (including phenoxy) is 1. The van der Waals surface area contributed by atoms with Crippen molar-refractivity contribution in [2.24, 2.45) is 0 Å². The van der Waals surface area contributed by atoms with Gasteiger partial charge in [0.15, 0.2) is 6.61 Å². The molecule has 0 atom stereocenters. The van der Waals surface area contributed by atoms with Crippen LogP contribution in [0.2, 0.25) is 10.0 Å². The average Bonchev–Trinajstić information content (AvgIpc) is 2.62. The van der Waals surface area contributed by atoms with Gasteiger partial charge in [-0.25, -0.2) is 10.2 Å². The summed E-state index contributed by atoms with van der Waals surface area (Å²) < 4.78 is 5.33. The van der Waals surface area contributed by atoms with Gasteiger partial charge in [-0.1, -0.05) is 48.3 Å². The lowest BCUT2D eigenvalue weighted by Gasteiger charge is -2.11. The lowest BCUT2D eigenvalue weighted by molar-refractivity contribution is -0.123. The second-order valence-corrected chi connectivity index (χ2v) is 5.80. The molecule has 0 saturated heterocycles. The number of anilines is 1.